The molecule has 1 rings (SSSR count). The van der Waals surface area contributed by atoms with Crippen LogP contribution in [0.3, 0.4) is 0 Å². The van der Waals surface area contributed by atoms with Crippen molar-refractivity contribution < 1.29 is 9.72 Å². The number of nitrogens with zero attached hydrogens (tertiary/aromatic N) is 2. The average molecular weight is 239 g/mol. The number of nitro groups is 1. The number of non-ortho nitro benzene ring substituents is 1. The number of hydrogen-bond donors (Lipinski definition) is 1. The SMILES string of the molecule is CC(=O)N(C(N)=S)c1ccc([N+](=O)[O-])cc1. The highest BCUT2D eigenvalue weighted by Gasteiger charge is 2.15. The molecule has 0 saturated heterocycles. The van der Waals surface area contributed by atoms with Crippen LogP contribution in [0.5, 0.6) is 0 Å². The first-order valence-electron chi connectivity index (χ1n) is 4.28. The Morgan fingerprint density at radius 3 is 2.25 bits per heavy atom. The molecule has 7 heteroatoms. The number of nitrogens with two attached hydrogens (primary N) is 1. The summed E-state index contributed by atoms with van der Waals surface area (Å²) >= 11 is 4.71. The van der Waals surface area contributed by atoms with Crippen LogP contribution in [0.4, 0.5) is 11.4 Å². The highest BCUT2D eigenvalue weighted by molar-refractivity contribution is 7.80. The number of rotatable bonds is 2. The van der Waals surface area contributed by atoms with Gasteiger partial charge in [0.05, 0.1) is 10.6 Å². The molecule has 0 aliphatic rings. The van der Waals surface area contributed by atoms with Crippen LogP contribution in [0.1, 0.15) is 6.92 Å². The molecule has 1 aromatic rings. The van der Waals surface area contributed by atoms with E-state index >= 15 is 0 Å². The number of carbonyl (C=O) groups is 1. The first kappa shape index (κ1) is 12.1. The predicted octanol–water partition coefficient (Wildman–Crippen LogP) is 1.19. The van der Waals surface area contributed by atoms with Gasteiger partial charge in [0, 0.05) is 19.1 Å². The summed E-state index contributed by atoms with van der Waals surface area (Å²) in [6, 6.07) is 5.39. The van der Waals surface area contributed by atoms with Crippen molar-refractivity contribution >= 4 is 34.6 Å². The van der Waals surface area contributed by atoms with Crippen LogP contribution in [0.2, 0.25) is 0 Å². The topological polar surface area (TPSA) is 89.5 Å². The monoisotopic (exact) mass is 239 g/mol. The Morgan fingerprint density at radius 1 is 1.44 bits per heavy atom. The van der Waals surface area contributed by atoms with Gasteiger partial charge in [-0.25, -0.2) is 0 Å². The molecule has 1 aromatic carbocycles. The number of nitro benzene ring substituents is 1. The van der Waals surface area contributed by atoms with E-state index in [-0.39, 0.29) is 16.7 Å². The molecule has 0 radical (unpaired) electrons. The summed E-state index contributed by atoms with van der Waals surface area (Å²) in [5.41, 5.74) is 5.72. The largest absolute Gasteiger partial charge is 0.376 e. The molecule has 0 spiro atoms. The van der Waals surface area contributed by atoms with Gasteiger partial charge in [0.25, 0.3) is 5.69 Å². The van der Waals surface area contributed by atoms with E-state index in [0.717, 1.165) is 4.90 Å². The molecule has 0 aromatic heterocycles. The highest BCUT2D eigenvalue weighted by atomic mass is 32.1. The Morgan fingerprint density at radius 2 is 1.94 bits per heavy atom. The van der Waals surface area contributed by atoms with Gasteiger partial charge >= 0.3 is 0 Å². The molecular weight excluding hydrogens is 230 g/mol. The fourth-order valence-electron chi connectivity index (χ4n) is 1.19. The Hall–Kier alpha value is -2.02. The van der Waals surface area contributed by atoms with E-state index in [0.29, 0.717) is 5.69 Å². The molecular formula is C9H9N3O3S. The maximum absolute atomic E-state index is 11.2. The molecule has 6 nitrogen and oxygen atoms in total. The average Bonchev–Trinajstić information content (AvgIpc) is 2.17. The van der Waals surface area contributed by atoms with Gasteiger partial charge in [-0.1, -0.05) is 0 Å². The fourth-order valence-corrected chi connectivity index (χ4v) is 1.42. The van der Waals surface area contributed by atoms with Gasteiger partial charge in [-0.2, -0.15) is 0 Å². The maximum atomic E-state index is 11.2. The summed E-state index contributed by atoms with van der Waals surface area (Å²) < 4.78 is 0. The molecule has 2 N–H and O–H groups in total. The second-order valence-electron chi connectivity index (χ2n) is 2.97. The van der Waals surface area contributed by atoms with Gasteiger partial charge in [0.2, 0.25) is 5.91 Å². The Kier molecular flexibility index (Phi) is 3.51. The summed E-state index contributed by atoms with van der Waals surface area (Å²) in [5.74, 6) is -0.346. The first-order chi connectivity index (χ1) is 7.43. The van der Waals surface area contributed by atoms with E-state index in [2.05, 4.69) is 0 Å². The number of anilines is 1. The molecule has 84 valence electrons. The minimum atomic E-state index is -0.525. The highest BCUT2D eigenvalue weighted by Crippen LogP contribution is 2.19. The van der Waals surface area contributed by atoms with E-state index in [1.807, 2.05) is 0 Å². The van der Waals surface area contributed by atoms with Crippen LogP contribution in [0.25, 0.3) is 0 Å². The lowest BCUT2D eigenvalue weighted by molar-refractivity contribution is -0.384. The lowest BCUT2D eigenvalue weighted by atomic mass is 10.2. The first-order valence-corrected chi connectivity index (χ1v) is 4.69. The zero-order chi connectivity index (χ0) is 12.3. The lowest BCUT2D eigenvalue weighted by Crippen LogP contribution is -2.39. The number of hydrogen-bond acceptors (Lipinski definition) is 4. The number of thiocarbonyl (C=S) groups is 1. The molecule has 0 saturated carbocycles. The van der Waals surface area contributed by atoms with Gasteiger partial charge in [0.15, 0.2) is 5.11 Å². The third-order valence-corrected chi connectivity index (χ3v) is 2.04. The van der Waals surface area contributed by atoms with Crippen LogP contribution in [-0.2, 0) is 4.79 Å². The molecule has 16 heavy (non-hydrogen) atoms. The quantitative estimate of drug-likeness (QED) is 0.475. The summed E-state index contributed by atoms with van der Waals surface area (Å²) in [4.78, 5) is 22.2. The number of carbonyl (C=O) groups excluding carboxylic acids is 1. The number of amides is 1. The van der Waals surface area contributed by atoms with E-state index in [1.54, 1.807) is 0 Å². The van der Waals surface area contributed by atoms with Crippen molar-refractivity contribution in [3.05, 3.63) is 34.4 Å². The summed E-state index contributed by atoms with van der Waals surface area (Å²) in [6.45, 7) is 1.31. The summed E-state index contributed by atoms with van der Waals surface area (Å²) in [5, 5.41) is 10.3. The van der Waals surface area contributed by atoms with Crippen LogP contribution in [-0.4, -0.2) is 15.9 Å². The van der Waals surface area contributed by atoms with Crippen molar-refractivity contribution in [3.63, 3.8) is 0 Å². The molecule has 0 aliphatic heterocycles. The Labute approximate surface area is 96.8 Å². The van der Waals surface area contributed by atoms with Crippen molar-refractivity contribution in [1.29, 1.82) is 0 Å². The molecule has 0 bridgehead atoms. The number of benzene rings is 1. The second-order valence-corrected chi connectivity index (χ2v) is 3.38. The maximum Gasteiger partial charge on any atom is 0.269 e. The third-order valence-electron chi connectivity index (χ3n) is 1.85. The molecule has 0 atom stereocenters. The summed E-state index contributed by atoms with van der Waals surface area (Å²) in [6.07, 6.45) is 0. The van der Waals surface area contributed by atoms with Gasteiger partial charge in [-0.05, 0) is 24.4 Å². The fraction of sp³-hybridized carbons (Fsp3) is 0.111. The molecule has 0 heterocycles. The van der Waals surface area contributed by atoms with Gasteiger partial charge in [-0.3, -0.25) is 19.8 Å². The lowest BCUT2D eigenvalue weighted by Gasteiger charge is -2.18. The van der Waals surface area contributed by atoms with Crippen molar-refractivity contribution in [2.75, 3.05) is 4.90 Å². The van der Waals surface area contributed by atoms with E-state index in [9.17, 15) is 14.9 Å². The van der Waals surface area contributed by atoms with Crippen molar-refractivity contribution in [1.82, 2.24) is 0 Å². The Balaban J connectivity index is 3.08. The van der Waals surface area contributed by atoms with E-state index < -0.39 is 4.92 Å². The van der Waals surface area contributed by atoms with E-state index in [1.165, 1.54) is 31.2 Å². The van der Waals surface area contributed by atoms with Crippen molar-refractivity contribution in [2.45, 2.75) is 6.92 Å². The van der Waals surface area contributed by atoms with Gasteiger partial charge < -0.3 is 5.73 Å². The standard InChI is InChI=1S/C9H9N3O3S/c1-6(13)11(9(10)16)7-2-4-8(5-3-7)12(14)15/h2-5H,1H3,(H2,10,16). The minimum Gasteiger partial charge on any atom is -0.376 e. The zero-order valence-corrected chi connectivity index (χ0v) is 9.23. The van der Waals surface area contributed by atoms with E-state index in [4.69, 9.17) is 18.0 Å². The molecule has 0 unspecified atom stereocenters. The molecule has 1 amide bonds. The summed E-state index contributed by atoms with van der Waals surface area (Å²) in [7, 11) is 0. The van der Waals surface area contributed by atoms with Crippen molar-refractivity contribution in [2.24, 2.45) is 5.73 Å². The normalized spacial score (nSPS) is 9.56. The van der Waals surface area contributed by atoms with Crippen LogP contribution in [0, 0.1) is 10.1 Å². The Bertz CT molecular complexity index is 430. The minimum absolute atomic E-state index is 0.0600. The zero-order valence-electron chi connectivity index (χ0n) is 8.41. The predicted molar refractivity (Wildman–Crippen MR) is 63.0 cm³/mol. The molecule has 0 aliphatic carbocycles. The second kappa shape index (κ2) is 4.67. The third kappa shape index (κ3) is 2.51. The van der Waals surface area contributed by atoms with Crippen LogP contribution in [0.15, 0.2) is 24.3 Å². The smallest absolute Gasteiger partial charge is 0.269 e. The van der Waals surface area contributed by atoms with Gasteiger partial charge in [-0.15, -0.1) is 0 Å². The van der Waals surface area contributed by atoms with Crippen LogP contribution >= 0.6 is 12.2 Å². The van der Waals surface area contributed by atoms with Gasteiger partial charge in [0.1, 0.15) is 0 Å². The van der Waals surface area contributed by atoms with Crippen molar-refractivity contribution in [3.8, 4) is 0 Å². The van der Waals surface area contributed by atoms with Crippen LogP contribution < -0.4 is 10.6 Å². The molecule has 0 fully saturated rings.